The topological polar surface area (TPSA) is 101 Å². The summed E-state index contributed by atoms with van der Waals surface area (Å²) >= 11 is 0. The zero-order valence-corrected chi connectivity index (χ0v) is 19.2. The summed E-state index contributed by atoms with van der Waals surface area (Å²) in [4.78, 5) is 25.2. The SMILES string of the molecule is C[C@H]1O[C@@H](n2cc(F)c(=O)n(COCc3ccccc3)c2=O)[C@H](O)[C@@H]1OCOCc1ccccc1. The lowest BCUT2D eigenvalue weighted by Crippen LogP contribution is -2.45. The molecule has 10 heteroatoms. The van der Waals surface area contributed by atoms with Gasteiger partial charge >= 0.3 is 5.69 Å². The molecule has 0 radical (unpaired) electrons. The van der Waals surface area contributed by atoms with Crippen LogP contribution in [0.1, 0.15) is 24.3 Å². The molecule has 1 aliphatic rings. The summed E-state index contributed by atoms with van der Waals surface area (Å²) in [5.74, 6) is -1.17. The largest absolute Gasteiger partial charge is 0.386 e. The van der Waals surface area contributed by atoms with Crippen molar-refractivity contribution in [2.45, 2.75) is 51.4 Å². The Hall–Kier alpha value is -3.15. The van der Waals surface area contributed by atoms with Crippen LogP contribution < -0.4 is 11.2 Å². The van der Waals surface area contributed by atoms with E-state index in [9.17, 15) is 19.1 Å². The molecule has 1 N–H and O–H groups in total. The number of aliphatic hydroxyl groups is 1. The van der Waals surface area contributed by atoms with Gasteiger partial charge in [0.25, 0.3) is 5.56 Å². The van der Waals surface area contributed by atoms with Gasteiger partial charge in [-0.3, -0.25) is 9.36 Å². The number of nitrogens with zero attached hydrogens (tertiary/aromatic N) is 2. The minimum atomic E-state index is -1.31. The van der Waals surface area contributed by atoms with Gasteiger partial charge in [-0.25, -0.2) is 9.36 Å². The first-order valence-corrected chi connectivity index (χ1v) is 11.2. The molecule has 0 amide bonds. The third-order valence-corrected chi connectivity index (χ3v) is 5.66. The molecule has 1 fully saturated rings. The first-order chi connectivity index (χ1) is 17.0. The van der Waals surface area contributed by atoms with Gasteiger partial charge in [0, 0.05) is 0 Å². The van der Waals surface area contributed by atoms with Crippen LogP contribution in [-0.4, -0.2) is 39.3 Å². The van der Waals surface area contributed by atoms with Crippen LogP contribution in [0.4, 0.5) is 4.39 Å². The van der Waals surface area contributed by atoms with Crippen molar-refractivity contribution in [3.05, 3.63) is 105 Å². The standard InChI is InChI=1S/C25H27FN2O7/c1-17-22(34-16-33-14-19-10-6-3-7-11-19)21(29)24(35-17)27-12-20(26)23(30)28(25(27)31)15-32-13-18-8-4-2-5-9-18/h2-12,17,21-22,24,29H,13-16H2,1H3/t17-,21-,22-,24-/m1/s1. The highest BCUT2D eigenvalue weighted by Gasteiger charge is 2.44. The van der Waals surface area contributed by atoms with Crippen molar-refractivity contribution in [1.29, 1.82) is 0 Å². The Bertz CT molecular complexity index is 1220. The maximum absolute atomic E-state index is 14.4. The van der Waals surface area contributed by atoms with Crippen molar-refractivity contribution < 1.29 is 28.4 Å². The van der Waals surface area contributed by atoms with E-state index in [0.717, 1.165) is 21.9 Å². The summed E-state index contributed by atoms with van der Waals surface area (Å²) in [6.07, 6.45) is -3.29. The molecule has 0 aliphatic carbocycles. The Morgan fingerprint density at radius 3 is 2.20 bits per heavy atom. The Labute approximate surface area is 200 Å². The number of benzene rings is 2. The lowest BCUT2D eigenvalue weighted by Gasteiger charge is -2.20. The highest BCUT2D eigenvalue weighted by molar-refractivity contribution is 5.14. The van der Waals surface area contributed by atoms with Gasteiger partial charge < -0.3 is 24.1 Å². The molecule has 9 nitrogen and oxygen atoms in total. The van der Waals surface area contributed by atoms with E-state index in [-0.39, 0.29) is 13.4 Å². The second-order valence-electron chi connectivity index (χ2n) is 8.17. The van der Waals surface area contributed by atoms with E-state index in [0.29, 0.717) is 11.2 Å². The average Bonchev–Trinajstić information content (AvgIpc) is 3.15. The highest BCUT2D eigenvalue weighted by atomic mass is 19.1. The van der Waals surface area contributed by atoms with E-state index in [1.807, 2.05) is 60.7 Å². The number of halogens is 1. The third-order valence-electron chi connectivity index (χ3n) is 5.66. The number of hydrogen-bond acceptors (Lipinski definition) is 7. The third kappa shape index (κ3) is 5.92. The molecule has 2 heterocycles. The molecule has 0 saturated carbocycles. The first kappa shape index (κ1) is 25.0. The molecule has 0 unspecified atom stereocenters. The van der Waals surface area contributed by atoms with Crippen LogP contribution >= 0.6 is 0 Å². The number of hydrogen-bond donors (Lipinski definition) is 1. The lowest BCUT2D eigenvalue weighted by molar-refractivity contribution is -0.128. The molecule has 1 aromatic heterocycles. The maximum atomic E-state index is 14.4. The summed E-state index contributed by atoms with van der Waals surface area (Å²) in [6, 6.07) is 18.6. The van der Waals surface area contributed by atoms with Crippen molar-refractivity contribution >= 4 is 0 Å². The van der Waals surface area contributed by atoms with E-state index in [1.54, 1.807) is 6.92 Å². The molecule has 1 saturated heterocycles. The Morgan fingerprint density at radius 1 is 0.971 bits per heavy atom. The molecule has 0 bridgehead atoms. The van der Waals surface area contributed by atoms with Crippen LogP contribution in [-0.2, 0) is 38.9 Å². The molecule has 3 aromatic rings. The number of aromatic nitrogens is 2. The zero-order chi connectivity index (χ0) is 24.8. The van der Waals surface area contributed by atoms with Gasteiger partial charge in [0.05, 0.1) is 25.5 Å². The fourth-order valence-corrected chi connectivity index (χ4v) is 3.86. The summed E-state index contributed by atoms with van der Waals surface area (Å²) in [5, 5.41) is 10.8. The maximum Gasteiger partial charge on any atom is 0.335 e. The van der Waals surface area contributed by atoms with Crippen molar-refractivity contribution in [3.8, 4) is 0 Å². The van der Waals surface area contributed by atoms with Crippen LogP contribution in [0.3, 0.4) is 0 Å². The van der Waals surface area contributed by atoms with E-state index < -0.39 is 48.3 Å². The van der Waals surface area contributed by atoms with Gasteiger partial charge in [-0.2, -0.15) is 4.39 Å². The van der Waals surface area contributed by atoms with Crippen LogP contribution in [0, 0.1) is 5.82 Å². The average molecular weight is 486 g/mol. The summed E-state index contributed by atoms with van der Waals surface area (Å²) < 4.78 is 38.2. The van der Waals surface area contributed by atoms with E-state index in [2.05, 4.69) is 0 Å². The number of ether oxygens (including phenoxy) is 4. The number of aliphatic hydroxyl groups excluding tert-OH is 1. The fourth-order valence-electron chi connectivity index (χ4n) is 3.86. The van der Waals surface area contributed by atoms with Gasteiger partial charge in [-0.15, -0.1) is 0 Å². The van der Waals surface area contributed by atoms with Crippen LogP contribution in [0.5, 0.6) is 0 Å². The van der Waals surface area contributed by atoms with Crippen LogP contribution in [0.25, 0.3) is 0 Å². The van der Waals surface area contributed by atoms with Gasteiger partial charge in [-0.05, 0) is 18.1 Å². The molecular weight excluding hydrogens is 459 g/mol. The van der Waals surface area contributed by atoms with Gasteiger partial charge in [0.15, 0.2) is 6.23 Å². The monoisotopic (exact) mass is 486 g/mol. The molecule has 186 valence electrons. The quantitative estimate of drug-likeness (QED) is 0.346. The number of rotatable bonds is 10. The van der Waals surface area contributed by atoms with Crippen molar-refractivity contribution in [2.24, 2.45) is 0 Å². The second kappa shape index (κ2) is 11.5. The molecule has 4 atom stereocenters. The Morgan fingerprint density at radius 2 is 1.57 bits per heavy atom. The smallest absolute Gasteiger partial charge is 0.335 e. The highest BCUT2D eigenvalue weighted by Crippen LogP contribution is 2.30. The van der Waals surface area contributed by atoms with Crippen molar-refractivity contribution in [2.75, 3.05) is 6.79 Å². The van der Waals surface area contributed by atoms with Crippen LogP contribution in [0.2, 0.25) is 0 Å². The van der Waals surface area contributed by atoms with E-state index in [4.69, 9.17) is 18.9 Å². The second-order valence-corrected chi connectivity index (χ2v) is 8.17. The minimum Gasteiger partial charge on any atom is -0.386 e. The molecule has 4 rings (SSSR count). The predicted molar refractivity (Wildman–Crippen MR) is 123 cm³/mol. The zero-order valence-electron chi connectivity index (χ0n) is 19.2. The molecule has 2 aromatic carbocycles. The summed E-state index contributed by atoms with van der Waals surface area (Å²) in [7, 11) is 0. The molecule has 35 heavy (non-hydrogen) atoms. The fraction of sp³-hybridized carbons (Fsp3) is 0.360. The van der Waals surface area contributed by atoms with Gasteiger partial charge in [-0.1, -0.05) is 60.7 Å². The Kier molecular flexibility index (Phi) is 8.21. The lowest BCUT2D eigenvalue weighted by atomic mass is 10.1. The van der Waals surface area contributed by atoms with E-state index >= 15 is 0 Å². The van der Waals surface area contributed by atoms with Gasteiger partial charge in [0.2, 0.25) is 5.82 Å². The first-order valence-electron chi connectivity index (χ1n) is 11.2. The Balaban J connectivity index is 1.42. The summed E-state index contributed by atoms with van der Waals surface area (Å²) in [6.45, 7) is 1.52. The minimum absolute atomic E-state index is 0.118. The molecule has 0 spiro atoms. The van der Waals surface area contributed by atoms with Gasteiger partial charge in [0.1, 0.15) is 25.7 Å². The predicted octanol–water partition coefficient (Wildman–Crippen LogP) is 2.16. The van der Waals surface area contributed by atoms with Crippen molar-refractivity contribution in [1.82, 2.24) is 9.13 Å². The van der Waals surface area contributed by atoms with Crippen molar-refractivity contribution in [3.63, 3.8) is 0 Å². The van der Waals surface area contributed by atoms with Crippen LogP contribution in [0.15, 0.2) is 76.4 Å². The molecular formula is C25H27FN2O7. The summed E-state index contributed by atoms with van der Waals surface area (Å²) in [5.41, 5.74) is -0.206. The van der Waals surface area contributed by atoms with E-state index in [1.165, 1.54) is 0 Å². The normalized spacial score (nSPS) is 21.9. The molecule has 1 aliphatic heterocycles.